The highest BCUT2D eigenvalue weighted by molar-refractivity contribution is 5.23. The Morgan fingerprint density at radius 2 is 2.39 bits per heavy atom. The molecule has 4 atom stereocenters. The van der Waals surface area contributed by atoms with Crippen molar-refractivity contribution >= 4 is 5.82 Å². The lowest BCUT2D eigenvalue weighted by atomic mass is 9.98. The standard InChI is InChI=1S/C10H14FN3O4/c1-10(11)7(16)5(4-15)18-8(10)14-3-2-6(12)13-9(14)17/h2-3,5,7-8,15-16H,4H2,1H3,(H2,12,13,17)/t5-,7-,8+,10+/m1/s1. The number of aromatic nitrogens is 2. The van der Waals surface area contributed by atoms with Gasteiger partial charge >= 0.3 is 5.69 Å². The van der Waals surface area contributed by atoms with Crippen molar-refractivity contribution in [1.29, 1.82) is 0 Å². The minimum Gasteiger partial charge on any atom is -0.394 e. The molecule has 7 nitrogen and oxygen atoms in total. The minimum absolute atomic E-state index is 0.00839. The van der Waals surface area contributed by atoms with E-state index in [9.17, 15) is 14.3 Å². The van der Waals surface area contributed by atoms with E-state index in [1.807, 2.05) is 0 Å². The van der Waals surface area contributed by atoms with E-state index in [0.29, 0.717) is 0 Å². The molecule has 0 aliphatic carbocycles. The van der Waals surface area contributed by atoms with Gasteiger partial charge in [-0.3, -0.25) is 4.57 Å². The van der Waals surface area contributed by atoms with Gasteiger partial charge in [0, 0.05) is 6.20 Å². The molecule has 1 fully saturated rings. The molecule has 1 aromatic rings. The van der Waals surface area contributed by atoms with Crippen LogP contribution < -0.4 is 11.4 Å². The Bertz CT molecular complexity index is 504. The zero-order valence-electron chi connectivity index (χ0n) is 9.65. The second-order valence-electron chi connectivity index (χ2n) is 4.35. The van der Waals surface area contributed by atoms with Crippen LogP contribution in [0.2, 0.25) is 0 Å². The van der Waals surface area contributed by atoms with Gasteiger partial charge in [-0.1, -0.05) is 0 Å². The fraction of sp³-hybridized carbons (Fsp3) is 0.600. The molecule has 1 saturated heterocycles. The van der Waals surface area contributed by atoms with Gasteiger partial charge in [0.1, 0.15) is 18.0 Å². The van der Waals surface area contributed by atoms with E-state index in [4.69, 9.17) is 15.6 Å². The first-order valence-corrected chi connectivity index (χ1v) is 5.36. The van der Waals surface area contributed by atoms with Crippen LogP contribution in [0.5, 0.6) is 0 Å². The SMILES string of the molecule is C[C@]1(F)[C@H](O)[C@@H](CO)O[C@@H]1n1ccc(N)nc1=O. The lowest BCUT2D eigenvalue weighted by Gasteiger charge is -2.24. The van der Waals surface area contributed by atoms with E-state index >= 15 is 0 Å². The lowest BCUT2D eigenvalue weighted by Crippen LogP contribution is -2.42. The lowest BCUT2D eigenvalue weighted by molar-refractivity contribution is -0.0610. The smallest absolute Gasteiger partial charge is 0.351 e. The van der Waals surface area contributed by atoms with Gasteiger partial charge in [0.2, 0.25) is 0 Å². The van der Waals surface area contributed by atoms with Crippen LogP contribution in [-0.2, 0) is 4.74 Å². The van der Waals surface area contributed by atoms with E-state index in [1.54, 1.807) is 0 Å². The molecule has 0 unspecified atom stereocenters. The molecule has 2 rings (SSSR count). The monoisotopic (exact) mass is 259 g/mol. The highest BCUT2D eigenvalue weighted by atomic mass is 19.1. The van der Waals surface area contributed by atoms with Crippen molar-refractivity contribution in [3.63, 3.8) is 0 Å². The summed E-state index contributed by atoms with van der Waals surface area (Å²) in [7, 11) is 0. The molecule has 1 aliphatic heterocycles. The number of hydrogen-bond donors (Lipinski definition) is 3. The van der Waals surface area contributed by atoms with Gasteiger partial charge in [0.05, 0.1) is 6.61 Å². The third-order valence-electron chi connectivity index (χ3n) is 3.00. The topological polar surface area (TPSA) is 111 Å². The Balaban J connectivity index is 2.42. The first kappa shape index (κ1) is 12.9. The van der Waals surface area contributed by atoms with Crippen molar-refractivity contribution in [1.82, 2.24) is 9.55 Å². The van der Waals surface area contributed by atoms with Crippen molar-refractivity contribution in [3.05, 3.63) is 22.7 Å². The van der Waals surface area contributed by atoms with Crippen LogP contribution in [0, 0.1) is 0 Å². The van der Waals surface area contributed by atoms with Gasteiger partial charge in [-0.15, -0.1) is 0 Å². The molecule has 0 spiro atoms. The molecule has 0 amide bonds. The van der Waals surface area contributed by atoms with Crippen LogP contribution in [0.4, 0.5) is 10.2 Å². The van der Waals surface area contributed by atoms with E-state index in [-0.39, 0.29) is 5.82 Å². The molecule has 0 aromatic carbocycles. The third kappa shape index (κ3) is 1.88. The fourth-order valence-corrected chi connectivity index (χ4v) is 1.97. The molecular formula is C10H14FN3O4. The van der Waals surface area contributed by atoms with Crippen LogP contribution >= 0.6 is 0 Å². The summed E-state index contributed by atoms with van der Waals surface area (Å²) in [6.45, 7) is 0.551. The van der Waals surface area contributed by atoms with Crippen LogP contribution in [0.25, 0.3) is 0 Å². The Labute approximate surface area is 102 Å². The number of hydrogen-bond acceptors (Lipinski definition) is 6. The molecule has 8 heteroatoms. The maximum absolute atomic E-state index is 14.4. The summed E-state index contributed by atoms with van der Waals surface area (Å²) in [4.78, 5) is 15.1. The maximum atomic E-state index is 14.4. The summed E-state index contributed by atoms with van der Waals surface area (Å²) in [6.07, 6.45) is -2.74. The Morgan fingerprint density at radius 3 is 2.89 bits per heavy atom. The summed E-state index contributed by atoms with van der Waals surface area (Å²) < 4.78 is 20.4. The molecule has 1 aliphatic rings. The molecule has 2 heterocycles. The number of halogens is 1. The first-order valence-electron chi connectivity index (χ1n) is 5.36. The van der Waals surface area contributed by atoms with Crippen molar-refractivity contribution < 1.29 is 19.3 Å². The zero-order valence-corrected chi connectivity index (χ0v) is 9.65. The fourth-order valence-electron chi connectivity index (χ4n) is 1.97. The van der Waals surface area contributed by atoms with E-state index < -0.39 is 36.4 Å². The predicted octanol–water partition coefficient (Wildman–Crippen LogP) is -1.20. The van der Waals surface area contributed by atoms with Crippen molar-refractivity contribution in [3.8, 4) is 0 Å². The largest absolute Gasteiger partial charge is 0.394 e. The van der Waals surface area contributed by atoms with Crippen molar-refractivity contribution in [2.75, 3.05) is 12.3 Å². The van der Waals surface area contributed by atoms with E-state index in [2.05, 4.69) is 4.98 Å². The molecule has 1 aromatic heterocycles. The second kappa shape index (κ2) is 4.30. The Morgan fingerprint density at radius 1 is 1.72 bits per heavy atom. The number of nitrogens with zero attached hydrogens (tertiary/aromatic N) is 2. The Hall–Kier alpha value is -1.51. The van der Waals surface area contributed by atoms with E-state index in [1.165, 1.54) is 12.3 Å². The average Bonchev–Trinajstić information content (AvgIpc) is 2.52. The van der Waals surface area contributed by atoms with Crippen LogP contribution in [-0.4, -0.2) is 44.2 Å². The number of nitrogen functional groups attached to an aromatic ring is 1. The van der Waals surface area contributed by atoms with Gasteiger partial charge in [-0.05, 0) is 13.0 Å². The Kier molecular flexibility index (Phi) is 3.09. The normalized spacial score (nSPS) is 35.9. The molecule has 0 radical (unpaired) electrons. The van der Waals surface area contributed by atoms with Gasteiger partial charge in [0.15, 0.2) is 11.9 Å². The number of aliphatic hydroxyl groups is 2. The van der Waals surface area contributed by atoms with Crippen LogP contribution in [0.15, 0.2) is 17.1 Å². The quantitative estimate of drug-likeness (QED) is 0.615. The molecular weight excluding hydrogens is 245 g/mol. The maximum Gasteiger partial charge on any atom is 0.351 e. The number of rotatable bonds is 2. The molecule has 0 saturated carbocycles. The van der Waals surface area contributed by atoms with E-state index in [0.717, 1.165) is 11.5 Å². The summed E-state index contributed by atoms with van der Waals surface area (Å²) in [5.74, 6) is 0.00839. The predicted molar refractivity (Wildman–Crippen MR) is 59.4 cm³/mol. The van der Waals surface area contributed by atoms with Gasteiger partial charge in [-0.25, -0.2) is 9.18 Å². The second-order valence-corrected chi connectivity index (χ2v) is 4.35. The number of nitrogens with two attached hydrogens (primary N) is 1. The van der Waals surface area contributed by atoms with Gasteiger partial charge in [-0.2, -0.15) is 4.98 Å². The number of ether oxygens (including phenoxy) is 1. The first-order chi connectivity index (χ1) is 8.37. The molecule has 100 valence electrons. The molecule has 18 heavy (non-hydrogen) atoms. The highest BCUT2D eigenvalue weighted by Crippen LogP contribution is 2.40. The van der Waals surface area contributed by atoms with Crippen LogP contribution in [0.3, 0.4) is 0 Å². The van der Waals surface area contributed by atoms with Crippen LogP contribution in [0.1, 0.15) is 13.2 Å². The third-order valence-corrected chi connectivity index (χ3v) is 3.00. The highest BCUT2D eigenvalue weighted by Gasteiger charge is 2.55. The van der Waals surface area contributed by atoms with Gasteiger partial charge in [0.25, 0.3) is 0 Å². The average molecular weight is 259 g/mol. The zero-order chi connectivity index (χ0) is 13.5. The minimum atomic E-state index is -2.21. The molecule has 0 bridgehead atoms. The van der Waals surface area contributed by atoms with Crippen molar-refractivity contribution in [2.45, 2.75) is 31.0 Å². The molecule has 4 N–H and O–H groups in total. The van der Waals surface area contributed by atoms with Gasteiger partial charge < -0.3 is 20.7 Å². The number of anilines is 1. The summed E-state index contributed by atoms with van der Waals surface area (Å²) in [5, 5.41) is 18.6. The summed E-state index contributed by atoms with van der Waals surface area (Å²) in [5.41, 5.74) is 2.33. The summed E-state index contributed by atoms with van der Waals surface area (Å²) >= 11 is 0. The summed E-state index contributed by atoms with van der Waals surface area (Å²) in [6, 6.07) is 1.32. The number of aliphatic hydroxyl groups excluding tert-OH is 2. The number of alkyl halides is 1. The van der Waals surface area contributed by atoms with Crippen molar-refractivity contribution in [2.24, 2.45) is 0 Å².